The second kappa shape index (κ2) is 3.78. The second-order valence-electron chi connectivity index (χ2n) is 3.24. The van der Waals surface area contributed by atoms with Crippen LogP contribution in [0.4, 0.5) is 4.39 Å². The molecule has 0 saturated heterocycles. The first-order valence-electron chi connectivity index (χ1n) is 4.53. The van der Waals surface area contributed by atoms with Crippen LogP contribution in [0.1, 0.15) is 17.6 Å². The van der Waals surface area contributed by atoms with Crippen molar-refractivity contribution in [1.29, 1.82) is 0 Å². The van der Waals surface area contributed by atoms with E-state index < -0.39 is 11.9 Å². The van der Waals surface area contributed by atoms with Crippen LogP contribution in [0, 0.1) is 5.82 Å². The van der Waals surface area contributed by atoms with Crippen molar-refractivity contribution >= 4 is 0 Å². The number of pyridine rings is 1. The van der Waals surface area contributed by atoms with Crippen molar-refractivity contribution in [3.63, 3.8) is 0 Å². The van der Waals surface area contributed by atoms with E-state index in [9.17, 15) is 4.39 Å². The van der Waals surface area contributed by atoms with E-state index >= 15 is 0 Å². The Morgan fingerprint density at radius 2 is 2.20 bits per heavy atom. The van der Waals surface area contributed by atoms with Gasteiger partial charge in [0.15, 0.2) is 0 Å². The molecule has 5 heteroatoms. The number of nitrogens with zero attached hydrogens (tertiary/aromatic N) is 3. The summed E-state index contributed by atoms with van der Waals surface area (Å²) < 4.78 is 15.1. The number of nitrogens with two attached hydrogens (primary N) is 1. The molecule has 2 aromatic heterocycles. The average Bonchev–Trinajstić information content (AvgIpc) is 2.64. The summed E-state index contributed by atoms with van der Waals surface area (Å²) in [6.07, 6.45) is 4.90. The first-order valence-corrected chi connectivity index (χ1v) is 4.53. The maximum Gasteiger partial charge on any atom is 0.146 e. The highest BCUT2D eigenvalue weighted by atomic mass is 19.1. The Morgan fingerprint density at radius 1 is 1.40 bits per heavy atom. The Kier molecular flexibility index (Phi) is 2.47. The molecule has 0 spiro atoms. The van der Waals surface area contributed by atoms with E-state index in [0.717, 1.165) is 0 Å². The Morgan fingerprint density at radius 3 is 2.80 bits per heavy atom. The molecule has 1 unspecified atom stereocenters. The highest BCUT2D eigenvalue weighted by Crippen LogP contribution is 2.17. The van der Waals surface area contributed by atoms with Crippen LogP contribution >= 0.6 is 0 Å². The van der Waals surface area contributed by atoms with Crippen molar-refractivity contribution in [2.24, 2.45) is 12.8 Å². The van der Waals surface area contributed by atoms with Gasteiger partial charge >= 0.3 is 0 Å². The molecule has 0 saturated carbocycles. The summed E-state index contributed by atoms with van der Waals surface area (Å²) in [4.78, 5) is 7.99. The lowest BCUT2D eigenvalue weighted by atomic mass is 10.2. The van der Waals surface area contributed by atoms with Crippen LogP contribution in [0.25, 0.3) is 0 Å². The molecule has 0 aliphatic heterocycles. The smallest absolute Gasteiger partial charge is 0.146 e. The molecular weight excluding hydrogens is 195 g/mol. The number of halogens is 1. The van der Waals surface area contributed by atoms with Gasteiger partial charge in [0.25, 0.3) is 0 Å². The predicted molar refractivity (Wildman–Crippen MR) is 53.4 cm³/mol. The molecule has 2 heterocycles. The van der Waals surface area contributed by atoms with E-state index in [4.69, 9.17) is 5.73 Å². The quantitative estimate of drug-likeness (QED) is 0.797. The Hall–Kier alpha value is -1.75. The van der Waals surface area contributed by atoms with Crippen molar-refractivity contribution in [2.45, 2.75) is 6.04 Å². The number of rotatable bonds is 2. The normalized spacial score (nSPS) is 12.7. The molecule has 78 valence electrons. The summed E-state index contributed by atoms with van der Waals surface area (Å²) in [6.45, 7) is 0. The molecule has 0 bridgehead atoms. The van der Waals surface area contributed by atoms with Crippen molar-refractivity contribution in [3.05, 3.63) is 48.1 Å². The minimum Gasteiger partial charge on any atom is -0.336 e. The number of imidazole rings is 1. The van der Waals surface area contributed by atoms with Gasteiger partial charge in [0.1, 0.15) is 23.4 Å². The zero-order valence-corrected chi connectivity index (χ0v) is 8.26. The number of aromatic nitrogens is 3. The third-order valence-electron chi connectivity index (χ3n) is 2.22. The van der Waals surface area contributed by atoms with Gasteiger partial charge in [0, 0.05) is 25.6 Å². The number of hydrogen-bond donors (Lipinski definition) is 1. The molecule has 0 aliphatic rings. The van der Waals surface area contributed by atoms with Gasteiger partial charge in [-0.15, -0.1) is 0 Å². The molecule has 15 heavy (non-hydrogen) atoms. The van der Waals surface area contributed by atoms with Crippen LogP contribution in [-0.2, 0) is 7.05 Å². The fraction of sp³-hybridized carbons (Fsp3) is 0.200. The predicted octanol–water partition coefficient (Wildman–Crippen LogP) is 1.00. The molecule has 2 rings (SSSR count). The van der Waals surface area contributed by atoms with Crippen LogP contribution in [0.3, 0.4) is 0 Å². The van der Waals surface area contributed by atoms with Gasteiger partial charge in [-0.25, -0.2) is 9.37 Å². The maximum absolute atomic E-state index is 13.4. The highest BCUT2D eigenvalue weighted by molar-refractivity contribution is 5.18. The first-order chi connectivity index (χ1) is 7.20. The van der Waals surface area contributed by atoms with Crippen LogP contribution < -0.4 is 5.73 Å². The van der Waals surface area contributed by atoms with Crippen molar-refractivity contribution in [1.82, 2.24) is 14.5 Å². The van der Waals surface area contributed by atoms with Gasteiger partial charge < -0.3 is 10.3 Å². The fourth-order valence-corrected chi connectivity index (χ4v) is 1.43. The summed E-state index contributed by atoms with van der Waals surface area (Å²) >= 11 is 0. The molecule has 2 N–H and O–H groups in total. The Balaban J connectivity index is 2.41. The van der Waals surface area contributed by atoms with Gasteiger partial charge in [-0.3, -0.25) is 4.98 Å². The molecule has 0 radical (unpaired) electrons. The van der Waals surface area contributed by atoms with Crippen LogP contribution in [0.2, 0.25) is 0 Å². The topological polar surface area (TPSA) is 56.7 Å². The van der Waals surface area contributed by atoms with E-state index in [1.165, 1.54) is 18.3 Å². The van der Waals surface area contributed by atoms with E-state index in [1.807, 2.05) is 7.05 Å². The zero-order valence-electron chi connectivity index (χ0n) is 8.26. The number of hydrogen-bond acceptors (Lipinski definition) is 3. The molecular formula is C10H11FN4. The fourth-order valence-electron chi connectivity index (χ4n) is 1.43. The summed E-state index contributed by atoms with van der Waals surface area (Å²) in [7, 11) is 1.81. The Bertz CT molecular complexity index is 466. The van der Waals surface area contributed by atoms with Gasteiger partial charge in [-0.05, 0) is 12.1 Å². The van der Waals surface area contributed by atoms with Crippen molar-refractivity contribution in [2.75, 3.05) is 0 Å². The maximum atomic E-state index is 13.4. The zero-order chi connectivity index (χ0) is 10.8. The monoisotopic (exact) mass is 206 g/mol. The van der Waals surface area contributed by atoms with Gasteiger partial charge in [-0.1, -0.05) is 0 Å². The molecule has 0 aromatic carbocycles. The summed E-state index contributed by atoms with van der Waals surface area (Å²) in [5.74, 6) is 0.181. The largest absolute Gasteiger partial charge is 0.336 e. The molecule has 4 nitrogen and oxygen atoms in total. The Labute approximate surface area is 86.6 Å². The van der Waals surface area contributed by atoms with E-state index in [-0.39, 0.29) is 5.69 Å². The van der Waals surface area contributed by atoms with E-state index in [2.05, 4.69) is 9.97 Å². The molecule has 2 aromatic rings. The van der Waals surface area contributed by atoms with Crippen LogP contribution in [0.15, 0.2) is 30.7 Å². The lowest BCUT2D eigenvalue weighted by molar-refractivity contribution is 0.573. The minimum absolute atomic E-state index is 0.215. The standard InChI is InChI=1S/C10H11FN4/c1-15-6-5-14-10(15)8(12)9-7(11)3-2-4-13-9/h2-6,8H,12H2,1H3. The van der Waals surface area contributed by atoms with Gasteiger partial charge in [0.2, 0.25) is 0 Å². The minimum atomic E-state index is -0.633. The lowest BCUT2D eigenvalue weighted by Gasteiger charge is -2.11. The van der Waals surface area contributed by atoms with Crippen molar-refractivity contribution < 1.29 is 4.39 Å². The van der Waals surface area contributed by atoms with Crippen molar-refractivity contribution in [3.8, 4) is 0 Å². The molecule has 0 amide bonds. The highest BCUT2D eigenvalue weighted by Gasteiger charge is 2.17. The van der Waals surface area contributed by atoms with Crippen LogP contribution in [-0.4, -0.2) is 14.5 Å². The second-order valence-corrected chi connectivity index (χ2v) is 3.24. The van der Waals surface area contributed by atoms with Gasteiger partial charge in [0.05, 0.1) is 0 Å². The van der Waals surface area contributed by atoms with E-state index in [1.54, 1.807) is 17.0 Å². The summed E-state index contributed by atoms with van der Waals surface area (Å²) in [5, 5.41) is 0. The van der Waals surface area contributed by atoms with Gasteiger partial charge in [-0.2, -0.15) is 0 Å². The third kappa shape index (κ3) is 1.73. The third-order valence-corrected chi connectivity index (χ3v) is 2.22. The molecule has 0 fully saturated rings. The summed E-state index contributed by atoms with van der Waals surface area (Å²) in [6, 6.07) is 2.24. The SMILES string of the molecule is Cn1ccnc1C(N)c1ncccc1F. The molecule has 0 aliphatic carbocycles. The van der Waals surface area contributed by atoms with E-state index in [0.29, 0.717) is 5.82 Å². The first kappa shape index (κ1) is 9.79. The lowest BCUT2D eigenvalue weighted by Crippen LogP contribution is -2.19. The number of aryl methyl sites for hydroxylation is 1. The van der Waals surface area contributed by atoms with Crippen LogP contribution in [0.5, 0.6) is 0 Å². The molecule has 1 atom stereocenters. The average molecular weight is 206 g/mol. The summed E-state index contributed by atoms with van der Waals surface area (Å²) in [5.41, 5.74) is 6.09.